The molecule has 1 heterocycles. The Labute approximate surface area is 184 Å². The van der Waals surface area contributed by atoms with Crippen LogP contribution < -0.4 is 5.32 Å². The lowest BCUT2D eigenvalue weighted by Gasteiger charge is -2.28. The molecule has 0 saturated carbocycles. The van der Waals surface area contributed by atoms with Crippen molar-refractivity contribution in [1.82, 2.24) is 15.1 Å². The molecule has 1 aliphatic rings. The van der Waals surface area contributed by atoms with Crippen LogP contribution in [0.4, 0.5) is 18.0 Å². The zero-order chi connectivity index (χ0) is 23.4. The lowest BCUT2D eigenvalue weighted by atomic mass is 9.85. The van der Waals surface area contributed by atoms with Crippen molar-refractivity contribution in [2.75, 3.05) is 13.1 Å². The second-order valence-corrected chi connectivity index (χ2v) is 7.69. The first-order chi connectivity index (χ1) is 15.2. The van der Waals surface area contributed by atoms with Gasteiger partial charge in [0.1, 0.15) is 18.6 Å². The minimum Gasteiger partial charge on any atom is -0.328 e. The molecule has 1 N–H and O–H groups in total. The van der Waals surface area contributed by atoms with E-state index in [0.29, 0.717) is 33.8 Å². The van der Waals surface area contributed by atoms with Gasteiger partial charge in [0.05, 0.1) is 0 Å². The van der Waals surface area contributed by atoms with Crippen LogP contribution in [0.25, 0.3) is 0 Å². The number of alkyl halides is 3. The standard InChI is InChI=1S/C23H24F3N3O3/c1-2-13-22(18-11-7-4-8-12-18)20(31)29(21(32)27-22)15-19(30)28(16-23(24,25)26)14-17-9-5-3-6-10-17/h3-12H,2,13-16H2,1H3,(H,27,32)/t22-/m1/s1. The fourth-order valence-corrected chi connectivity index (χ4v) is 3.86. The lowest BCUT2D eigenvalue weighted by molar-refractivity contribution is -0.163. The van der Waals surface area contributed by atoms with Gasteiger partial charge in [0.25, 0.3) is 5.91 Å². The van der Waals surface area contributed by atoms with Gasteiger partial charge in [-0.3, -0.25) is 14.5 Å². The molecule has 9 heteroatoms. The molecular formula is C23H24F3N3O3. The van der Waals surface area contributed by atoms with Crippen LogP contribution in [-0.2, 0) is 21.7 Å². The van der Waals surface area contributed by atoms with E-state index < -0.39 is 42.7 Å². The van der Waals surface area contributed by atoms with Crippen molar-refractivity contribution in [3.63, 3.8) is 0 Å². The second kappa shape index (κ2) is 9.42. The molecule has 0 aliphatic carbocycles. The van der Waals surface area contributed by atoms with Crippen LogP contribution in [0.5, 0.6) is 0 Å². The maximum atomic E-state index is 13.3. The van der Waals surface area contributed by atoms with Crippen molar-refractivity contribution < 1.29 is 27.6 Å². The van der Waals surface area contributed by atoms with E-state index >= 15 is 0 Å². The summed E-state index contributed by atoms with van der Waals surface area (Å²) >= 11 is 0. The van der Waals surface area contributed by atoms with Gasteiger partial charge in [0.2, 0.25) is 5.91 Å². The van der Waals surface area contributed by atoms with E-state index in [1.165, 1.54) is 0 Å². The van der Waals surface area contributed by atoms with Gasteiger partial charge < -0.3 is 10.2 Å². The van der Waals surface area contributed by atoms with Crippen LogP contribution >= 0.6 is 0 Å². The van der Waals surface area contributed by atoms with Crippen molar-refractivity contribution in [1.29, 1.82) is 0 Å². The highest BCUT2D eigenvalue weighted by molar-refractivity contribution is 6.09. The molecule has 0 radical (unpaired) electrons. The summed E-state index contributed by atoms with van der Waals surface area (Å²) in [4.78, 5) is 40.1. The molecule has 0 spiro atoms. The minimum atomic E-state index is -4.63. The highest BCUT2D eigenvalue weighted by Gasteiger charge is 2.52. The Bertz CT molecular complexity index is 967. The van der Waals surface area contributed by atoms with Crippen molar-refractivity contribution in [3.8, 4) is 0 Å². The number of imide groups is 1. The predicted octanol–water partition coefficient (Wildman–Crippen LogP) is 3.82. The molecular weight excluding hydrogens is 423 g/mol. The predicted molar refractivity (Wildman–Crippen MR) is 111 cm³/mol. The Morgan fingerprint density at radius 2 is 1.62 bits per heavy atom. The van der Waals surface area contributed by atoms with E-state index in [0.717, 1.165) is 0 Å². The Balaban J connectivity index is 1.84. The normalized spacial score (nSPS) is 18.6. The number of nitrogens with one attached hydrogen (secondary N) is 1. The zero-order valence-corrected chi connectivity index (χ0v) is 17.6. The number of amides is 4. The first kappa shape index (κ1) is 23.3. The maximum Gasteiger partial charge on any atom is 0.406 e. The molecule has 170 valence electrons. The lowest BCUT2D eigenvalue weighted by Crippen LogP contribution is -2.47. The van der Waals surface area contributed by atoms with E-state index in [1.807, 2.05) is 6.92 Å². The van der Waals surface area contributed by atoms with Crippen LogP contribution in [0.1, 0.15) is 30.9 Å². The van der Waals surface area contributed by atoms with E-state index in [1.54, 1.807) is 60.7 Å². The number of hydrogen-bond donors (Lipinski definition) is 1. The molecule has 3 rings (SSSR count). The minimum absolute atomic E-state index is 0.290. The topological polar surface area (TPSA) is 69.7 Å². The maximum absolute atomic E-state index is 13.3. The molecule has 0 unspecified atom stereocenters. The summed E-state index contributed by atoms with van der Waals surface area (Å²) in [6.07, 6.45) is -3.77. The largest absolute Gasteiger partial charge is 0.406 e. The van der Waals surface area contributed by atoms with Gasteiger partial charge in [0.15, 0.2) is 0 Å². The Hall–Kier alpha value is -3.36. The molecule has 6 nitrogen and oxygen atoms in total. The van der Waals surface area contributed by atoms with Crippen molar-refractivity contribution in [3.05, 3.63) is 71.8 Å². The Morgan fingerprint density at radius 1 is 1.03 bits per heavy atom. The van der Waals surface area contributed by atoms with Gasteiger partial charge in [-0.2, -0.15) is 13.2 Å². The van der Waals surface area contributed by atoms with Gasteiger partial charge in [-0.25, -0.2) is 4.79 Å². The third-order valence-corrected chi connectivity index (χ3v) is 5.30. The fraction of sp³-hybridized carbons (Fsp3) is 0.348. The molecule has 4 amide bonds. The Kier molecular flexibility index (Phi) is 6.86. The molecule has 1 saturated heterocycles. The number of nitrogens with zero attached hydrogens (tertiary/aromatic N) is 2. The van der Waals surface area contributed by atoms with Gasteiger partial charge >= 0.3 is 12.2 Å². The third-order valence-electron chi connectivity index (χ3n) is 5.30. The van der Waals surface area contributed by atoms with Crippen LogP contribution in [0, 0.1) is 0 Å². The molecule has 32 heavy (non-hydrogen) atoms. The summed E-state index contributed by atoms with van der Waals surface area (Å²) in [6.45, 7) is -0.695. The quantitative estimate of drug-likeness (QED) is 0.626. The fourth-order valence-electron chi connectivity index (χ4n) is 3.86. The Morgan fingerprint density at radius 3 is 2.19 bits per heavy atom. The summed E-state index contributed by atoms with van der Waals surface area (Å²) < 4.78 is 39.4. The molecule has 2 aromatic carbocycles. The summed E-state index contributed by atoms with van der Waals surface area (Å²) in [5.41, 5.74) is -0.278. The van der Waals surface area contributed by atoms with Gasteiger partial charge in [-0.15, -0.1) is 0 Å². The number of hydrogen-bond acceptors (Lipinski definition) is 3. The summed E-state index contributed by atoms with van der Waals surface area (Å²) in [6, 6.07) is 16.0. The van der Waals surface area contributed by atoms with Crippen molar-refractivity contribution in [2.24, 2.45) is 0 Å². The van der Waals surface area contributed by atoms with E-state index in [4.69, 9.17) is 0 Å². The number of carbonyl (C=O) groups excluding carboxylic acids is 3. The molecule has 1 fully saturated rings. The zero-order valence-electron chi connectivity index (χ0n) is 17.6. The molecule has 2 aromatic rings. The number of benzene rings is 2. The highest BCUT2D eigenvalue weighted by atomic mass is 19.4. The van der Waals surface area contributed by atoms with Gasteiger partial charge in [-0.1, -0.05) is 74.0 Å². The third kappa shape index (κ3) is 5.09. The smallest absolute Gasteiger partial charge is 0.328 e. The van der Waals surface area contributed by atoms with Gasteiger partial charge in [0, 0.05) is 6.54 Å². The summed E-state index contributed by atoms with van der Waals surface area (Å²) in [5, 5.41) is 2.67. The van der Waals surface area contributed by atoms with Crippen LogP contribution in [-0.4, -0.2) is 46.9 Å². The first-order valence-corrected chi connectivity index (χ1v) is 10.2. The summed E-state index contributed by atoms with van der Waals surface area (Å²) in [7, 11) is 0. The molecule has 0 bridgehead atoms. The van der Waals surface area contributed by atoms with Crippen LogP contribution in [0.2, 0.25) is 0 Å². The second-order valence-electron chi connectivity index (χ2n) is 7.69. The van der Waals surface area contributed by atoms with E-state index in [-0.39, 0.29) is 6.54 Å². The van der Waals surface area contributed by atoms with E-state index in [9.17, 15) is 27.6 Å². The SMILES string of the molecule is CCC[C@]1(c2ccccc2)NC(=O)N(CC(=O)N(Cc2ccccc2)CC(F)(F)F)C1=O. The van der Waals surface area contributed by atoms with E-state index in [2.05, 4.69) is 5.32 Å². The van der Waals surface area contributed by atoms with Crippen molar-refractivity contribution >= 4 is 17.8 Å². The molecule has 1 aliphatic heterocycles. The van der Waals surface area contributed by atoms with Gasteiger partial charge in [-0.05, 0) is 17.5 Å². The first-order valence-electron chi connectivity index (χ1n) is 10.2. The number of rotatable bonds is 8. The number of carbonyl (C=O) groups is 3. The summed E-state index contributed by atoms with van der Waals surface area (Å²) in [5.74, 6) is -1.61. The monoisotopic (exact) mass is 447 g/mol. The number of urea groups is 1. The average molecular weight is 447 g/mol. The number of halogens is 3. The average Bonchev–Trinajstić information content (AvgIpc) is 2.99. The van der Waals surface area contributed by atoms with Crippen molar-refractivity contribution in [2.45, 2.75) is 38.0 Å². The van der Waals surface area contributed by atoms with Crippen LogP contribution in [0.3, 0.4) is 0 Å². The highest BCUT2D eigenvalue weighted by Crippen LogP contribution is 2.33. The molecule has 1 atom stereocenters. The molecule has 0 aromatic heterocycles. The van der Waals surface area contributed by atoms with Crippen LogP contribution in [0.15, 0.2) is 60.7 Å².